The lowest BCUT2D eigenvalue weighted by Crippen LogP contribution is -2.16. The van der Waals surface area contributed by atoms with Gasteiger partial charge in [0.1, 0.15) is 11.5 Å². The van der Waals surface area contributed by atoms with Crippen LogP contribution in [0.1, 0.15) is 24.5 Å². The van der Waals surface area contributed by atoms with Crippen molar-refractivity contribution < 1.29 is 9.47 Å². The van der Waals surface area contributed by atoms with E-state index < -0.39 is 0 Å². The molecule has 2 aromatic rings. The summed E-state index contributed by atoms with van der Waals surface area (Å²) in [5, 5.41) is 3.47. The molecule has 0 saturated heterocycles. The first-order valence-electron chi connectivity index (χ1n) is 7.88. The molecule has 0 aromatic heterocycles. The minimum Gasteiger partial charge on any atom is -0.496 e. The fourth-order valence-corrected chi connectivity index (χ4v) is 2.29. The highest BCUT2D eigenvalue weighted by Gasteiger charge is 2.01. The molecule has 0 spiro atoms. The van der Waals surface area contributed by atoms with Gasteiger partial charge in [-0.05, 0) is 48.7 Å². The maximum atomic E-state index is 5.58. The van der Waals surface area contributed by atoms with Crippen LogP contribution in [0.25, 0.3) is 0 Å². The maximum Gasteiger partial charge on any atom is 0.122 e. The molecule has 3 heteroatoms. The molecule has 0 saturated carbocycles. The highest BCUT2D eigenvalue weighted by molar-refractivity contribution is 5.33. The minimum absolute atomic E-state index is 0.774. The Kier molecular flexibility index (Phi) is 6.78. The van der Waals surface area contributed by atoms with Gasteiger partial charge in [0.2, 0.25) is 0 Å². The molecule has 1 N–H and O–H groups in total. The molecule has 0 unspecified atom stereocenters. The second kappa shape index (κ2) is 9.11. The molecule has 0 heterocycles. The Hall–Kier alpha value is -2.00. The average Bonchev–Trinajstić information content (AvgIpc) is 2.58. The smallest absolute Gasteiger partial charge is 0.122 e. The molecule has 0 atom stereocenters. The molecule has 0 fully saturated rings. The van der Waals surface area contributed by atoms with Gasteiger partial charge in [-0.15, -0.1) is 0 Å². The first kappa shape index (κ1) is 16.4. The third-order valence-corrected chi connectivity index (χ3v) is 3.49. The van der Waals surface area contributed by atoms with Gasteiger partial charge in [0.05, 0.1) is 13.7 Å². The minimum atomic E-state index is 0.774. The van der Waals surface area contributed by atoms with Gasteiger partial charge < -0.3 is 14.8 Å². The lowest BCUT2D eigenvalue weighted by atomic mass is 10.1. The molecule has 2 rings (SSSR count). The molecule has 2 aromatic carbocycles. The third kappa shape index (κ3) is 5.08. The Labute approximate surface area is 133 Å². The molecule has 0 aliphatic heterocycles. The quantitative estimate of drug-likeness (QED) is 0.714. The number of methoxy groups -OCH3 is 1. The van der Waals surface area contributed by atoms with Gasteiger partial charge in [-0.2, -0.15) is 0 Å². The van der Waals surface area contributed by atoms with E-state index in [0.29, 0.717) is 0 Å². The second-order valence-corrected chi connectivity index (χ2v) is 5.23. The van der Waals surface area contributed by atoms with E-state index in [1.165, 1.54) is 11.1 Å². The first-order chi connectivity index (χ1) is 10.8. The van der Waals surface area contributed by atoms with Crippen molar-refractivity contribution in [3.05, 3.63) is 59.7 Å². The van der Waals surface area contributed by atoms with Crippen LogP contribution >= 0.6 is 0 Å². The van der Waals surface area contributed by atoms with Crippen LogP contribution in [0.4, 0.5) is 0 Å². The number of ether oxygens (including phenoxy) is 2. The molecule has 0 amide bonds. The monoisotopic (exact) mass is 299 g/mol. The molecule has 22 heavy (non-hydrogen) atoms. The normalized spacial score (nSPS) is 10.5. The first-order valence-corrected chi connectivity index (χ1v) is 7.88. The number of benzene rings is 2. The van der Waals surface area contributed by atoms with Crippen LogP contribution in [0.15, 0.2) is 48.5 Å². The van der Waals surface area contributed by atoms with Crippen LogP contribution in [-0.2, 0) is 13.0 Å². The zero-order valence-corrected chi connectivity index (χ0v) is 13.5. The second-order valence-electron chi connectivity index (χ2n) is 5.23. The predicted octanol–water partition coefficient (Wildman–Crippen LogP) is 3.82. The Morgan fingerprint density at radius 3 is 2.50 bits per heavy atom. The van der Waals surface area contributed by atoms with Crippen LogP contribution in [-0.4, -0.2) is 20.3 Å². The van der Waals surface area contributed by atoms with E-state index in [-0.39, 0.29) is 0 Å². The molecule has 0 aliphatic rings. The van der Waals surface area contributed by atoms with E-state index >= 15 is 0 Å². The predicted molar refractivity (Wildman–Crippen MR) is 90.6 cm³/mol. The van der Waals surface area contributed by atoms with Gasteiger partial charge >= 0.3 is 0 Å². The van der Waals surface area contributed by atoms with Gasteiger partial charge in [-0.3, -0.25) is 0 Å². The number of rotatable bonds is 9. The van der Waals surface area contributed by atoms with Crippen molar-refractivity contribution in [1.82, 2.24) is 5.32 Å². The Bertz CT molecular complexity index is 552. The van der Waals surface area contributed by atoms with Gasteiger partial charge in [0.25, 0.3) is 0 Å². The van der Waals surface area contributed by atoms with E-state index in [1.807, 2.05) is 30.3 Å². The lowest BCUT2D eigenvalue weighted by Gasteiger charge is -2.09. The summed E-state index contributed by atoms with van der Waals surface area (Å²) in [5.41, 5.74) is 2.50. The van der Waals surface area contributed by atoms with Crippen molar-refractivity contribution >= 4 is 0 Å². The van der Waals surface area contributed by atoms with E-state index in [2.05, 4.69) is 30.4 Å². The summed E-state index contributed by atoms with van der Waals surface area (Å²) >= 11 is 0. The Balaban J connectivity index is 1.74. The molecule has 3 nitrogen and oxygen atoms in total. The molecule has 118 valence electrons. The summed E-state index contributed by atoms with van der Waals surface area (Å²) < 4.78 is 10.9. The Morgan fingerprint density at radius 2 is 1.77 bits per heavy atom. The summed E-state index contributed by atoms with van der Waals surface area (Å²) in [6, 6.07) is 16.5. The Morgan fingerprint density at radius 1 is 1.00 bits per heavy atom. The summed E-state index contributed by atoms with van der Waals surface area (Å²) in [7, 11) is 1.72. The largest absolute Gasteiger partial charge is 0.496 e. The van der Waals surface area contributed by atoms with Crippen LogP contribution < -0.4 is 14.8 Å². The van der Waals surface area contributed by atoms with Crippen molar-refractivity contribution in [2.24, 2.45) is 0 Å². The van der Waals surface area contributed by atoms with Gasteiger partial charge in [0, 0.05) is 6.54 Å². The number of para-hydroxylation sites is 1. The van der Waals surface area contributed by atoms with Crippen LogP contribution in [0, 0.1) is 0 Å². The summed E-state index contributed by atoms with van der Waals surface area (Å²) in [5.74, 6) is 1.90. The zero-order valence-electron chi connectivity index (χ0n) is 13.5. The van der Waals surface area contributed by atoms with Gasteiger partial charge in [-0.25, -0.2) is 0 Å². The topological polar surface area (TPSA) is 30.5 Å². The summed E-state index contributed by atoms with van der Waals surface area (Å²) in [6.07, 6.45) is 1.99. The van der Waals surface area contributed by atoms with E-state index in [1.54, 1.807) is 7.11 Å². The molecular weight excluding hydrogens is 274 g/mol. The van der Waals surface area contributed by atoms with E-state index in [4.69, 9.17) is 9.47 Å². The number of hydrogen-bond acceptors (Lipinski definition) is 3. The van der Waals surface area contributed by atoms with Crippen molar-refractivity contribution in [1.29, 1.82) is 0 Å². The lowest BCUT2D eigenvalue weighted by molar-refractivity contribution is 0.317. The fraction of sp³-hybridized carbons (Fsp3) is 0.368. The number of hydrogen-bond donors (Lipinski definition) is 1. The maximum absolute atomic E-state index is 5.58. The molecule has 0 radical (unpaired) electrons. The van der Waals surface area contributed by atoms with Gasteiger partial charge in [0.15, 0.2) is 0 Å². The average molecular weight is 299 g/mol. The van der Waals surface area contributed by atoms with Crippen molar-refractivity contribution in [3.8, 4) is 11.5 Å². The molecule has 0 bridgehead atoms. The van der Waals surface area contributed by atoms with E-state index in [9.17, 15) is 0 Å². The summed E-state index contributed by atoms with van der Waals surface area (Å²) in [4.78, 5) is 0. The molecule has 0 aliphatic carbocycles. The van der Waals surface area contributed by atoms with Crippen molar-refractivity contribution in [2.75, 3.05) is 20.3 Å². The van der Waals surface area contributed by atoms with Gasteiger partial charge in [-0.1, -0.05) is 37.3 Å². The number of nitrogens with one attached hydrogen (secondary N) is 1. The van der Waals surface area contributed by atoms with Crippen molar-refractivity contribution in [3.63, 3.8) is 0 Å². The SMILES string of the molecule is CCCOc1ccc(CNCCc2ccccc2OC)cc1. The van der Waals surface area contributed by atoms with Crippen molar-refractivity contribution in [2.45, 2.75) is 26.3 Å². The third-order valence-electron chi connectivity index (χ3n) is 3.49. The fourth-order valence-electron chi connectivity index (χ4n) is 2.29. The highest BCUT2D eigenvalue weighted by atomic mass is 16.5. The van der Waals surface area contributed by atoms with Crippen LogP contribution in [0.3, 0.4) is 0 Å². The van der Waals surface area contributed by atoms with Crippen LogP contribution in [0.2, 0.25) is 0 Å². The summed E-state index contributed by atoms with van der Waals surface area (Å²) in [6.45, 7) is 4.67. The molecular formula is C19H25NO2. The standard InChI is InChI=1S/C19H25NO2/c1-3-14-22-18-10-8-16(9-11-18)15-20-13-12-17-6-4-5-7-19(17)21-2/h4-11,20H,3,12-15H2,1-2H3. The highest BCUT2D eigenvalue weighted by Crippen LogP contribution is 2.17. The zero-order chi connectivity index (χ0) is 15.6. The van der Waals surface area contributed by atoms with E-state index in [0.717, 1.165) is 44.0 Å². The van der Waals surface area contributed by atoms with Crippen LogP contribution in [0.5, 0.6) is 11.5 Å².